The Balaban J connectivity index is 1.83. The third-order valence-electron chi connectivity index (χ3n) is 4.55. The molecule has 0 aromatic heterocycles. The van der Waals surface area contributed by atoms with Gasteiger partial charge in [-0.15, -0.1) is 0 Å². The van der Waals surface area contributed by atoms with E-state index in [1.165, 1.54) is 0 Å². The summed E-state index contributed by atoms with van der Waals surface area (Å²) in [5.41, 5.74) is 2.05. The molecule has 0 fully saturated rings. The Labute approximate surface area is 171 Å². The molecule has 1 unspecified atom stereocenters. The molecule has 27 heavy (non-hydrogen) atoms. The standard InChI is InChI=1S/C23H24O2S2/c1-16(2)22-20(24)13-21(26)19(15-25-14-17-9-5-3-6-10-17)23(22)27-18-11-7-4-8-12-18/h3-12,16,19H,13-15H2,1-2H3. The lowest BCUT2D eigenvalue weighted by molar-refractivity contribution is -0.115. The zero-order chi connectivity index (χ0) is 19.2. The van der Waals surface area contributed by atoms with Crippen LogP contribution >= 0.6 is 24.0 Å². The summed E-state index contributed by atoms with van der Waals surface area (Å²) in [5, 5.41) is 0. The van der Waals surface area contributed by atoms with Gasteiger partial charge in [-0.05, 0) is 23.6 Å². The van der Waals surface area contributed by atoms with Gasteiger partial charge in [0, 0.05) is 32.6 Å². The molecule has 2 aromatic rings. The molecule has 1 aliphatic rings. The van der Waals surface area contributed by atoms with Gasteiger partial charge >= 0.3 is 0 Å². The van der Waals surface area contributed by atoms with Crippen LogP contribution in [-0.2, 0) is 16.1 Å². The Morgan fingerprint density at radius 2 is 1.70 bits per heavy atom. The van der Waals surface area contributed by atoms with Crippen molar-refractivity contribution in [3.05, 3.63) is 76.7 Å². The van der Waals surface area contributed by atoms with Gasteiger partial charge in [-0.3, -0.25) is 4.79 Å². The van der Waals surface area contributed by atoms with Crippen LogP contribution in [0, 0.1) is 11.8 Å². The molecule has 0 spiro atoms. The van der Waals surface area contributed by atoms with Crippen LogP contribution in [-0.4, -0.2) is 17.3 Å². The topological polar surface area (TPSA) is 26.3 Å². The van der Waals surface area contributed by atoms with Gasteiger partial charge < -0.3 is 4.74 Å². The van der Waals surface area contributed by atoms with Crippen molar-refractivity contribution in [3.63, 3.8) is 0 Å². The maximum atomic E-state index is 12.7. The van der Waals surface area contributed by atoms with Crippen molar-refractivity contribution in [3.8, 4) is 0 Å². The van der Waals surface area contributed by atoms with E-state index in [4.69, 9.17) is 17.0 Å². The van der Waals surface area contributed by atoms with Gasteiger partial charge in [0.1, 0.15) is 0 Å². The number of thiocarbonyl (C=S) groups is 1. The number of allylic oxidation sites excluding steroid dienone is 1. The smallest absolute Gasteiger partial charge is 0.164 e. The highest BCUT2D eigenvalue weighted by atomic mass is 32.2. The van der Waals surface area contributed by atoms with Gasteiger partial charge in [0.05, 0.1) is 13.2 Å². The molecule has 1 atom stereocenters. The Kier molecular flexibility index (Phi) is 7.00. The van der Waals surface area contributed by atoms with E-state index in [1.54, 1.807) is 11.8 Å². The number of benzene rings is 2. The second-order valence-electron chi connectivity index (χ2n) is 6.97. The Morgan fingerprint density at radius 1 is 1.07 bits per heavy atom. The molecule has 0 bridgehead atoms. The summed E-state index contributed by atoms with van der Waals surface area (Å²) in [6.07, 6.45) is 0.348. The molecule has 140 valence electrons. The molecule has 0 N–H and O–H groups in total. The first-order valence-corrected chi connectivity index (χ1v) is 10.4. The van der Waals surface area contributed by atoms with E-state index in [1.807, 2.05) is 36.4 Å². The normalized spacial score (nSPS) is 17.7. The molecule has 3 rings (SSSR count). The molecule has 2 nitrogen and oxygen atoms in total. The van der Waals surface area contributed by atoms with Crippen LogP contribution < -0.4 is 0 Å². The minimum atomic E-state index is -0.0102. The van der Waals surface area contributed by atoms with Crippen LogP contribution in [0.5, 0.6) is 0 Å². The predicted octanol–water partition coefficient (Wildman–Crippen LogP) is 5.86. The molecule has 0 amide bonds. The van der Waals surface area contributed by atoms with Crippen molar-refractivity contribution in [1.29, 1.82) is 0 Å². The molecule has 0 heterocycles. The van der Waals surface area contributed by atoms with Crippen molar-refractivity contribution in [2.75, 3.05) is 6.61 Å². The zero-order valence-electron chi connectivity index (χ0n) is 15.7. The molecule has 0 saturated carbocycles. The van der Waals surface area contributed by atoms with Crippen molar-refractivity contribution >= 4 is 34.6 Å². The van der Waals surface area contributed by atoms with E-state index < -0.39 is 0 Å². The summed E-state index contributed by atoms with van der Waals surface area (Å²) in [6.45, 7) is 5.21. The predicted molar refractivity (Wildman–Crippen MR) is 116 cm³/mol. The van der Waals surface area contributed by atoms with Gasteiger partial charge in [-0.1, -0.05) is 86.4 Å². The Hall–Kier alpha value is -1.75. The van der Waals surface area contributed by atoms with E-state index in [9.17, 15) is 4.79 Å². The highest BCUT2D eigenvalue weighted by molar-refractivity contribution is 8.03. The zero-order valence-corrected chi connectivity index (χ0v) is 17.3. The lowest BCUT2D eigenvalue weighted by Crippen LogP contribution is -2.31. The number of carbonyl (C=O) groups is 1. The van der Waals surface area contributed by atoms with E-state index in [2.05, 4.69) is 38.1 Å². The van der Waals surface area contributed by atoms with Gasteiger partial charge in [0.25, 0.3) is 0 Å². The summed E-state index contributed by atoms with van der Waals surface area (Å²) < 4.78 is 6.01. The van der Waals surface area contributed by atoms with Gasteiger partial charge in [0.2, 0.25) is 0 Å². The fraction of sp³-hybridized carbons (Fsp3) is 0.304. The van der Waals surface area contributed by atoms with Crippen LogP contribution in [0.4, 0.5) is 0 Å². The van der Waals surface area contributed by atoms with E-state index in [-0.39, 0.29) is 17.6 Å². The van der Waals surface area contributed by atoms with Crippen molar-refractivity contribution in [2.45, 2.75) is 31.8 Å². The van der Waals surface area contributed by atoms with Crippen LogP contribution in [0.15, 0.2) is 76.0 Å². The number of carbonyl (C=O) groups excluding carboxylic acids is 1. The van der Waals surface area contributed by atoms with Gasteiger partial charge in [-0.25, -0.2) is 0 Å². The third-order valence-corrected chi connectivity index (χ3v) is 6.21. The average Bonchev–Trinajstić information content (AvgIpc) is 2.65. The molecule has 0 radical (unpaired) electrons. The number of hydrogen-bond donors (Lipinski definition) is 0. The molecule has 4 heteroatoms. The lowest BCUT2D eigenvalue weighted by atomic mass is 9.84. The van der Waals surface area contributed by atoms with E-state index >= 15 is 0 Å². The van der Waals surface area contributed by atoms with Crippen LogP contribution in [0.25, 0.3) is 0 Å². The molecule has 0 aliphatic heterocycles. The average molecular weight is 397 g/mol. The van der Waals surface area contributed by atoms with Crippen LogP contribution in [0.3, 0.4) is 0 Å². The number of thioether (sulfide) groups is 1. The van der Waals surface area contributed by atoms with Crippen molar-refractivity contribution in [2.24, 2.45) is 11.8 Å². The molecule has 0 saturated heterocycles. The molecular formula is C23H24O2S2. The van der Waals surface area contributed by atoms with Gasteiger partial charge in [-0.2, -0.15) is 0 Å². The summed E-state index contributed by atoms with van der Waals surface area (Å²) >= 11 is 7.27. The van der Waals surface area contributed by atoms with Gasteiger partial charge in [0.15, 0.2) is 5.78 Å². The quantitative estimate of drug-likeness (QED) is 0.547. The van der Waals surface area contributed by atoms with Crippen LogP contribution in [0.2, 0.25) is 0 Å². The lowest BCUT2D eigenvalue weighted by Gasteiger charge is -2.30. The number of rotatable bonds is 7. The summed E-state index contributed by atoms with van der Waals surface area (Å²) in [4.78, 5) is 15.7. The third kappa shape index (κ3) is 5.16. The highest BCUT2D eigenvalue weighted by Gasteiger charge is 2.34. The largest absolute Gasteiger partial charge is 0.376 e. The fourth-order valence-corrected chi connectivity index (χ4v) is 4.98. The minimum absolute atomic E-state index is 0.0102. The van der Waals surface area contributed by atoms with E-state index in [0.29, 0.717) is 19.6 Å². The summed E-state index contributed by atoms with van der Waals surface area (Å²) in [5.74, 6) is 0.320. The first-order chi connectivity index (χ1) is 13.1. The number of hydrogen-bond acceptors (Lipinski definition) is 4. The maximum Gasteiger partial charge on any atom is 0.164 e. The minimum Gasteiger partial charge on any atom is -0.376 e. The van der Waals surface area contributed by atoms with Crippen LogP contribution in [0.1, 0.15) is 25.8 Å². The second kappa shape index (κ2) is 9.45. The summed E-state index contributed by atoms with van der Waals surface area (Å²) in [6, 6.07) is 20.3. The molecular weight excluding hydrogens is 372 g/mol. The first kappa shape index (κ1) is 20.0. The Bertz CT molecular complexity index is 826. The fourth-order valence-electron chi connectivity index (χ4n) is 3.23. The van der Waals surface area contributed by atoms with Crippen molar-refractivity contribution < 1.29 is 9.53 Å². The molecule has 1 aliphatic carbocycles. The maximum absolute atomic E-state index is 12.7. The monoisotopic (exact) mass is 396 g/mol. The number of ether oxygens (including phenoxy) is 1. The first-order valence-electron chi connectivity index (χ1n) is 9.20. The Morgan fingerprint density at radius 3 is 2.33 bits per heavy atom. The number of Topliss-reactive ketones (excluding diaryl/α,β-unsaturated/α-hetero) is 1. The summed E-state index contributed by atoms with van der Waals surface area (Å²) in [7, 11) is 0. The van der Waals surface area contributed by atoms with Crippen molar-refractivity contribution in [1.82, 2.24) is 0 Å². The SMILES string of the molecule is CC(C)C1=C(Sc2ccccc2)C(COCc2ccccc2)C(=S)CC1=O. The highest BCUT2D eigenvalue weighted by Crippen LogP contribution is 2.41. The second-order valence-corrected chi connectivity index (χ2v) is 8.61. The molecule has 2 aromatic carbocycles. The number of ketones is 1. The van der Waals surface area contributed by atoms with E-state index in [0.717, 1.165) is 25.8 Å².